The molecule has 8 heteroatoms. The van der Waals surface area contributed by atoms with Gasteiger partial charge in [0.25, 0.3) is 5.56 Å². The lowest BCUT2D eigenvalue weighted by Crippen LogP contribution is -2.39. The predicted octanol–water partition coefficient (Wildman–Crippen LogP) is 2.43. The highest BCUT2D eigenvalue weighted by molar-refractivity contribution is 7.07. The zero-order valence-electron chi connectivity index (χ0n) is 18.1. The number of thiazole rings is 1. The number of esters is 1. The maximum Gasteiger partial charge on any atom is 0.338 e. The van der Waals surface area contributed by atoms with Crippen molar-refractivity contribution in [3.63, 3.8) is 0 Å². The number of benzene rings is 2. The van der Waals surface area contributed by atoms with Crippen LogP contribution < -0.4 is 24.4 Å². The van der Waals surface area contributed by atoms with Crippen molar-refractivity contribution in [3.05, 3.63) is 90.6 Å². The van der Waals surface area contributed by atoms with Crippen LogP contribution in [0, 0.1) is 0 Å². The molecule has 1 aromatic heterocycles. The predicted molar refractivity (Wildman–Crippen MR) is 122 cm³/mol. The highest BCUT2D eigenvalue weighted by Crippen LogP contribution is 2.31. The zero-order chi connectivity index (χ0) is 22.8. The largest absolute Gasteiger partial charge is 0.497 e. The molecule has 0 spiro atoms. The molecule has 4 rings (SSSR count). The van der Waals surface area contributed by atoms with Gasteiger partial charge in [0, 0.05) is 0 Å². The first-order valence-electron chi connectivity index (χ1n) is 9.85. The number of fused-ring (bicyclic) bond motifs is 1. The maximum atomic E-state index is 13.5. The van der Waals surface area contributed by atoms with Gasteiger partial charge in [0.1, 0.15) is 11.5 Å². The minimum absolute atomic E-state index is 0.230. The molecule has 1 aliphatic rings. The molecule has 0 amide bonds. The van der Waals surface area contributed by atoms with E-state index in [1.165, 1.54) is 18.4 Å². The molecule has 32 heavy (non-hydrogen) atoms. The number of hydrogen-bond donors (Lipinski definition) is 0. The Bertz CT molecular complexity index is 1380. The van der Waals surface area contributed by atoms with E-state index in [2.05, 4.69) is 4.99 Å². The fraction of sp³-hybridized carbons (Fsp3) is 0.208. The number of carbonyl (C=O) groups excluding carboxylic acids is 1. The summed E-state index contributed by atoms with van der Waals surface area (Å²) in [7, 11) is 4.50. The molecule has 0 unspecified atom stereocenters. The summed E-state index contributed by atoms with van der Waals surface area (Å²) in [6, 6.07) is 14.1. The Kier molecular flexibility index (Phi) is 5.96. The van der Waals surface area contributed by atoms with E-state index in [-0.39, 0.29) is 5.56 Å². The van der Waals surface area contributed by atoms with Gasteiger partial charge in [-0.15, -0.1) is 0 Å². The molecule has 0 radical (unpaired) electrons. The molecule has 1 atom stereocenters. The maximum absolute atomic E-state index is 13.5. The first-order valence-corrected chi connectivity index (χ1v) is 10.7. The van der Waals surface area contributed by atoms with Crippen LogP contribution in [0.25, 0.3) is 6.08 Å². The standard InChI is InChI=1S/C24H22N2O5S/c1-14-20(23(28)31-4)21(16-8-10-17(29-2)11-9-16)26-22(27)19(32-24(26)25-14)13-15-6-5-7-18(12-15)30-3/h5-13,21H,1-4H3/b19-13-/t21-/m1/s1. The lowest BCUT2D eigenvalue weighted by Gasteiger charge is -2.24. The van der Waals surface area contributed by atoms with Crippen molar-refractivity contribution in [2.45, 2.75) is 13.0 Å². The van der Waals surface area contributed by atoms with Gasteiger partial charge < -0.3 is 14.2 Å². The first-order chi connectivity index (χ1) is 15.5. The summed E-state index contributed by atoms with van der Waals surface area (Å²) in [5.41, 5.74) is 2.21. The molecular weight excluding hydrogens is 428 g/mol. The van der Waals surface area contributed by atoms with Crippen molar-refractivity contribution in [1.82, 2.24) is 4.57 Å². The lowest BCUT2D eigenvalue weighted by atomic mass is 9.96. The second-order valence-electron chi connectivity index (χ2n) is 7.12. The monoisotopic (exact) mass is 450 g/mol. The van der Waals surface area contributed by atoms with Gasteiger partial charge in [-0.05, 0) is 48.4 Å². The number of rotatable bonds is 5. The molecule has 2 aromatic carbocycles. The van der Waals surface area contributed by atoms with E-state index in [0.717, 1.165) is 11.1 Å². The first kappa shape index (κ1) is 21.6. The van der Waals surface area contributed by atoms with E-state index in [0.29, 0.717) is 32.1 Å². The third-order valence-corrected chi connectivity index (χ3v) is 6.23. The molecule has 0 bridgehead atoms. The van der Waals surface area contributed by atoms with E-state index >= 15 is 0 Å². The second kappa shape index (κ2) is 8.84. The highest BCUT2D eigenvalue weighted by Gasteiger charge is 2.33. The van der Waals surface area contributed by atoms with Crippen LogP contribution in [0.3, 0.4) is 0 Å². The lowest BCUT2D eigenvalue weighted by molar-refractivity contribution is -0.136. The van der Waals surface area contributed by atoms with E-state index < -0.39 is 12.0 Å². The Labute approximate surface area is 188 Å². The van der Waals surface area contributed by atoms with Crippen molar-refractivity contribution in [2.75, 3.05) is 21.3 Å². The molecule has 7 nitrogen and oxygen atoms in total. The summed E-state index contributed by atoms with van der Waals surface area (Å²) in [4.78, 5) is 31.2. The van der Waals surface area contributed by atoms with Crippen LogP contribution >= 0.6 is 11.3 Å². The summed E-state index contributed by atoms with van der Waals surface area (Å²) < 4.78 is 17.6. The van der Waals surface area contributed by atoms with Crippen molar-refractivity contribution in [2.24, 2.45) is 4.99 Å². The van der Waals surface area contributed by atoms with E-state index in [4.69, 9.17) is 14.2 Å². The zero-order valence-corrected chi connectivity index (χ0v) is 18.9. The Morgan fingerprint density at radius 2 is 1.78 bits per heavy atom. The van der Waals surface area contributed by atoms with Gasteiger partial charge >= 0.3 is 5.97 Å². The van der Waals surface area contributed by atoms with Crippen LogP contribution in [0.5, 0.6) is 11.5 Å². The van der Waals surface area contributed by atoms with Crippen molar-refractivity contribution >= 4 is 23.4 Å². The van der Waals surface area contributed by atoms with Gasteiger partial charge in [0.2, 0.25) is 0 Å². The number of nitrogens with zero attached hydrogens (tertiary/aromatic N) is 2. The van der Waals surface area contributed by atoms with E-state index in [1.807, 2.05) is 36.4 Å². The topological polar surface area (TPSA) is 79.1 Å². The SMILES string of the molecule is COC(=O)C1=C(C)N=c2s/c(=C\c3cccc(OC)c3)c(=O)n2[C@@H]1c1ccc(OC)cc1. The summed E-state index contributed by atoms with van der Waals surface area (Å²) in [5, 5.41) is 0. The van der Waals surface area contributed by atoms with Crippen LogP contribution in [0.2, 0.25) is 0 Å². The molecule has 0 saturated carbocycles. The number of aromatic nitrogens is 1. The van der Waals surface area contributed by atoms with Gasteiger partial charge in [0.05, 0.1) is 43.2 Å². The number of hydrogen-bond acceptors (Lipinski definition) is 7. The van der Waals surface area contributed by atoms with E-state index in [9.17, 15) is 9.59 Å². The average molecular weight is 451 g/mol. The summed E-state index contributed by atoms with van der Waals surface area (Å²) in [6.45, 7) is 1.75. The molecule has 0 fully saturated rings. The van der Waals surface area contributed by atoms with Crippen LogP contribution in [-0.4, -0.2) is 31.9 Å². The quantitative estimate of drug-likeness (QED) is 0.558. The molecule has 2 heterocycles. The third-order valence-electron chi connectivity index (χ3n) is 5.25. The van der Waals surface area contributed by atoms with Crippen LogP contribution in [0.4, 0.5) is 0 Å². The van der Waals surface area contributed by atoms with Crippen LogP contribution in [0.1, 0.15) is 24.1 Å². The fourth-order valence-electron chi connectivity index (χ4n) is 3.68. The Hall–Kier alpha value is -3.65. The van der Waals surface area contributed by atoms with Crippen molar-refractivity contribution in [3.8, 4) is 11.5 Å². The van der Waals surface area contributed by atoms with Gasteiger partial charge in [-0.2, -0.15) is 0 Å². The third kappa shape index (κ3) is 3.85. The molecule has 164 valence electrons. The normalized spacial score (nSPS) is 15.8. The molecule has 3 aromatic rings. The summed E-state index contributed by atoms with van der Waals surface area (Å²) >= 11 is 1.28. The van der Waals surface area contributed by atoms with Gasteiger partial charge in [-0.1, -0.05) is 35.6 Å². The van der Waals surface area contributed by atoms with Crippen molar-refractivity contribution < 1.29 is 19.0 Å². The molecule has 0 saturated heterocycles. The number of allylic oxidation sites excluding steroid dienone is 1. The fourth-order valence-corrected chi connectivity index (χ4v) is 4.72. The summed E-state index contributed by atoms with van der Waals surface area (Å²) in [5.74, 6) is 0.861. The molecule has 0 N–H and O–H groups in total. The Morgan fingerprint density at radius 3 is 2.44 bits per heavy atom. The number of ether oxygens (including phenoxy) is 3. The highest BCUT2D eigenvalue weighted by atomic mass is 32.1. The average Bonchev–Trinajstić information content (AvgIpc) is 3.12. The minimum atomic E-state index is -0.655. The summed E-state index contributed by atoms with van der Waals surface area (Å²) in [6.07, 6.45) is 1.80. The minimum Gasteiger partial charge on any atom is -0.497 e. The molecular formula is C24H22N2O5S. The molecule has 1 aliphatic heterocycles. The smallest absolute Gasteiger partial charge is 0.338 e. The second-order valence-corrected chi connectivity index (χ2v) is 8.13. The Balaban J connectivity index is 1.94. The Morgan fingerprint density at radius 1 is 1.06 bits per heavy atom. The van der Waals surface area contributed by atoms with Gasteiger partial charge in [0.15, 0.2) is 4.80 Å². The van der Waals surface area contributed by atoms with Gasteiger partial charge in [-0.25, -0.2) is 9.79 Å². The van der Waals surface area contributed by atoms with Crippen molar-refractivity contribution in [1.29, 1.82) is 0 Å². The number of carbonyl (C=O) groups is 1. The van der Waals surface area contributed by atoms with Gasteiger partial charge in [-0.3, -0.25) is 9.36 Å². The molecule has 0 aliphatic carbocycles. The van der Waals surface area contributed by atoms with Crippen LogP contribution in [0.15, 0.2) is 69.6 Å². The van der Waals surface area contributed by atoms with Crippen LogP contribution in [-0.2, 0) is 9.53 Å². The number of methoxy groups -OCH3 is 3. The van der Waals surface area contributed by atoms with E-state index in [1.54, 1.807) is 43.9 Å².